The lowest BCUT2D eigenvalue weighted by molar-refractivity contribution is 0.621. The van der Waals surface area contributed by atoms with Crippen molar-refractivity contribution in [3.8, 4) is 0 Å². The SMILES string of the molecule is CCNC1=NCC(C(C)C)S1. The summed E-state index contributed by atoms with van der Waals surface area (Å²) in [6.45, 7) is 8.58. The third-order valence-corrected chi connectivity index (χ3v) is 3.24. The highest BCUT2D eigenvalue weighted by Gasteiger charge is 2.21. The highest BCUT2D eigenvalue weighted by atomic mass is 32.2. The zero-order chi connectivity index (χ0) is 8.27. The van der Waals surface area contributed by atoms with Gasteiger partial charge in [0.1, 0.15) is 0 Å². The van der Waals surface area contributed by atoms with Crippen LogP contribution in [0.3, 0.4) is 0 Å². The van der Waals surface area contributed by atoms with Gasteiger partial charge in [-0.15, -0.1) is 0 Å². The van der Waals surface area contributed by atoms with Gasteiger partial charge >= 0.3 is 0 Å². The Hall–Kier alpha value is -0.180. The number of nitrogens with one attached hydrogen (secondary N) is 1. The predicted octanol–water partition coefficient (Wildman–Crippen LogP) is 1.72. The second-order valence-corrected chi connectivity index (χ2v) is 4.30. The van der Waals surface area contributed by atoms with Gasteiger partial charge in [-0.1, -0.05) is 25.6 Å². The Labute approximate surface area is 72.9 Å². The van der Waals surface area contributed by atoms with Gasteiger partial charge in [0.2, 0.25) is 0 Å². The molecule has 1 aliphatic heterocycles. The molecule has 1 aliphatic rings. The Morgan fingerprint density at radius 3 is 2.91 bits per heavy atom. The van der Waals surface area contributed by atoms with E-state index in [2.05, 4.69) is 31.1 Å². The number of amidine groups is 1. The molecule has 1 atom stereocenters. The Morgan fingerprint density at radius 1 is 1.73 bits per heavy atom. The van der Waals surface area contributed by atoms with Crippen molar-refractivity contribution >= 4 is 16.9 Å². The van der Waals surface area contributed by atoms with Crippen molar-refractivity contribution in [2.24, 2.45) is 10.9 Å². The molecule has 0 aliphatic carbocycles. The first kappa shape index (κ1) is 8.91. The van der Waals surface area contributed by atoms with Crippen LogP contribution in [0.25, 0.3) is 0 Å². The van der Waals surface area contributed by atoms with Gasteiger partial charge in [0, 0.05) is 11.8 Å². The van der Waals surface area contributed by atoms with Crippen LogP contribution < -0.4 is 5.32 Å². The van der Waals surface area contributed by atoms with Gasteiger partial charge < -0.3 is 5.32 Å². The molecule has 0 amide bonds. The molecule has 0 aromatic heterocycles. The number of aliphatic imine (C=N–C) groups is 1. The molecule has 0 radical (unpaired) electrons. The average molecular weight is 172 g/mol. The number of nitrogens with zero attached hydrogens (tertiary/aromatic N) is 1. The van der Waals surface area contributed by atoms with Gasteiger partial charge in [0.05, 0.1) is 6.54 Å². The molecule has 0 spiro atoms. The molecule has 0 fully saturated rings. The summed E-state index contributed by atoms with van der Waals surface area (Å²) in [4.78, 5) is 4.40. The van der Waals surface area contributed by atoms with E-state index in [9.17, 15) is 0 Å². The van der Waals surface area contributed by atoms with E-state index in [0.29, 0.717) is 5.25 Å². The quantitative estimate of drug-likeness (QED) is 0.686. The molecule has 0 saturated heterocycles. The molecule has 11 heavy (non-hydrogen) atoms. The van der Waals surface area contributed by atoms with Gasteiger partial charge in [0.15, 0.2) is 5.17 Å². The molecule has 3 heteroatoms. The molecule has 1 rings (SSSR count). The summed E-state index contributed by atoms with van der Waals surface area (Å²) in [7, 11) is 0. The molecule has 0 aromatic carbocycles. The van der Waals surface area contributed by atoms with E-state index in [0.717, 1.165) is 24.2 Å². The largest absolute Gasteiger partial charge is 0.365 e. The van der Waals surface area contributed by atoms with Crippen molar-refractivity contribution in [2.75, 3.05) is 13.1 Å². The van der Waals surface area contributed by atoms with E-state index in [1.807, 2.05) is 11.8 Å². The second-order valence-electron chi connectivity index (χ2n) is 3.08. The Bertz CT molecular complexity index is 154. The van der Waals surface area contributed by atoms with Crippen LogP contribution in [-0.2, 0) is 0 Å². The molecule has 0 bridgehead atoms. The minimum absolute atomic E-state index is 0.698. The fourth-order valence-corrected chi connectivity index (χ4v) is 2.07. The second kappa shape index (κ2) is 4.00. The smallest absolute Gasteiger partial charge is 0.156 e. The highest BCUT2D eigenvalue weighted by Crippen LogP contribution is 2.25. The van der Waals surface area contributed by atoms with Crippen LogP contribution in [0.1, 0.15) is 20.8 Å². The molecular formula is C8H16N2S. The number of hydrogen-bond donors (Lipinski definition) is 1. The van der Waals surface area contributed by atoms with Crippen LogP contribution in [0.15, 0.2) is 4.99 Å². The van der Waals surface area contributed by atoms with Crippen molar-refractivity contribution in [3.05, 3.63) is 0 Å². The first-order chi connectivity index (χ1) is 5.24. The van der Waals surface area contributed by atoms with Crippen molar-refractivity contribution in [1.29, 1.82) is 0 Å². The summed E-state index contributed by atoms with van der Waals surface area (Å²) in [6, 6.07) is 0. The Morgan fingerprint density at radius 2 is 2.45 bits per heavy atom. The molecule has 2 nitrogen and oxygen atoms in total. The summed E-state index contributed by atoms with van der Waals surface area (Å²) in [6.07, 6.45) is 0. The Balaban J connectivity index is 2.31. The normalized spacial score (nSPS) is 24.0. The molecule has 1 unspecified atom stereocenters. The zero-order valence-electron chi connectivity index (χ0n) is 7.42. The molecule has 0 aromatic rings. The number of rotatable bonds is 2. The van der Waals surface area contributed by atoms with Crippen molar-refractivity contribution in [3.63, 3.8) is 0 Å². The summed E-state index contributed by atoms with van der Waals surface area (Å²) in [5.41, 5.74) is 0. The van der Waals surface area contributed by atoms with E-state index in [1.165, 1.54) is 0 Å². The first-order valence-corrected chi connectivity index (χ1v) is 5.07. The lowest BCUT2D eigenvalue weighted by Gasteiger charge is -2.11. The zero-order valence-corrected chi connectivity index (χ0v) is 8.24. The first-order valence-electron chi connectivity index (χ1n) is 4.19. The van der Waals surface area contributed by atoms with E-state index in [4.69, 9.17) is 0 Å². The van der Waals surface area contributed by atoms with Crippen molar-refractivity contribution < 1.29 is 0 Å². The van der Waals surface area contributed by atoms with E-state index >= 15 is 0 Å². The van der Waals surface area contributed by atoms with Gasteiger partial charge in [-0.2, -0.15) is 0 Å². The van der Waals surface area contributed by atoms with E-state index < -0.39 is 0 Å². The third kappa shape index (κ3) is 2.40. The standard InChI is InChI=1S/C8H16N2S/c1-4-9-8-10-5-7(11-8)6(2)3/h6-7H,4-5H2,1-3H3,(H,9,10). The minimum Gasteiger partial charge on any atom is -0.365 e. The Kier molecular flexibility index (Phi) is 3.24. The lowest BCUT2D eigenvalue weighted by Crippen LogP contribution is -2.19. The molecule has 0 saturated carbocycles. The number of hydrogen-bond acceptors (Lipinski definition) is 3. The summed E-state index contributed by atoms with van der Waals surface area (Å²) in [5.74, 6) is 0.736. The maximum atomic E-state index is 4.40. The summed E-state index contributed by atoms with van der Waals surface area (Å²) < 4.78 is 0. The molecule has 64 valence electrons. The van der Waals surface area contributed by atoms with Crippen LogP contribution in [0.2, 0.25) is 0 Å². The lowest BCUT2D eigenvalue weighted by atomic mass is 10.1. The maximum Gasteiger partial charge on any atom is 0.156 e. The van der Waals surface area contributed by atoms with Gasteiger partial charge in [-0.3, -0.25) is 4.99 Å². The average Bonchev–Trinajstić information content (AvgIpc) is 2.37. The fraction of sp³-hybridized carbons (Fsp3) is 0.875. The topological polar surface area (TPSA) is 24.4 Å². The molecule has 1 N–H and O–H groups in total. The minimum atomic E-state index is 0.698. The fourth-order valence-electron chi connectivity index (χ4n) is 0.986. The van der Waals surface area contributed by atoms with E-state index in [1.54, 1.807) is 0 Å². The third-order valence-electron chi connectivity index (χ3n) is 1.75. The predicted molar refractivity (Wildman–Crippen MR) is 52.2 cm³/mol. The van der Waals surface area contributed by atoms with E-state index in [-0.39, 0.29) is 0 Å². The van der Waals surface area contributed by atoms with Crippen LogP contribution in [-0.4, -0.2) is 23.5 Å². The van der Waals surface area contributed by atoms with Crippen LogP contribution in [0, 0.1) is 5.92 Å². The molecule has 1 heterocycles. The van der Waals surface area contributed by atoms with Gasteiger partial charge in [0.25, 0.3) is 0 Å². The van der Waals surface area contributed by atoms with Crippen LogP contribution in [0.4, 0.5) is 0 Å². The monoisotopic (exact) mass is 172 g/mol. The highest BCUT2D eigenvalue weighted by molar-refractivity contribution is 8.14. The van der Waals surface area contributed by atoms with Crippen molar-refractivity contribution in [1.82, 2.24) is 5.32 Å². The van der Waals surface area contributed by atoms with Crippen LogP contribution in [0.5, 0.6) is 0 Å². The van der Waals surface area contributed by atoms with Crippen LogP contribution >= 0.6 is 11.8 Å². The van der Waals surface area contributed by atoms with Crippen molar-refractivity contribution in [2.45, 2.75) is 26.0 Å². The van der Waals surface area contributed by atoms with Gasteiger partial charge in [-0.25, -0.2) is 0 Å². The molecular weight excluding hydrogens is 156 g/mol. The maximum absolute atomic E-state index is 4.40. The van der Waals surface area contributed by atoms with Gasteiger partial charge in [-0.05, 0) is 12.8 Å². The summed E-state index contributed by atoms with van der Waals surface area (Å²) >= 11 is 1.88. The summed E-state index contributed by atoms with van der Waals surface area (Å²) in [5, 5.41) is 5.07. The number of thioether (sulfide) groups is 1.